The van der Waals surface area contributed by atoms with Gasteiger partial charge in [-0.1, -0.05) is 18.2 Å². The number of hydrogen-bond acceptors (Lipinski definition) is 7. The standard InChI is InChI=1S/C26H31N5O4/c1-3-30-14-12-18(2)31(26(34)29-24-9-4-5-13-27-24)25-23(30)11-10-22(28-25)19-7-6-8-21(15-19)35-17-20(33)16-32/h4-11,13,15,18,20,32-33H,3,12,14,16-17H2,1-2H3,(H,27,29,34)/t18-,20+/m1/s1. The third-order valence-electron chi connectivity index (χ3n) is 5.96. The van der Waals surface area contributed by atoms with E-state index < -0.39 is 6.10 Å². The van der Waals surface area contributed by atoms with E-state index in [1.54, 1.807) is 29.3 Å². The second-order valence-corrected chi connectivity index (χ2v) is 8.45. The Hall–Kier alpha value is -3.69. The van der Waals surface area contributed by atoms with Crippen LogP contribution in [0.3, 0.4) is 0 Å². The van der Waals surface area contributed by atoms with Crippen LogP contribution in [0, 0.1) is 0 Å². The van der Waals surface area contributed by atoms with Gasteiger partial charge in [-0.25, -0.2) is 14.8 Å². The van der Waals surface area contributed by atoms with Gasteiger partial charge in [0.25, 0.3) is 0 Å². The van der Waals surface area contributed by atoms with Gasteiger partial charge >= 0.3 is 6.03 Å². The van der Waals surface area contributed by atoms with Crippen LogP contribution in [0.1, 0.15) is 20.3 Å². The number of amides is 2. The Morgan fingerprint density at radius 3 is 2.83 bits per heavy atom. The van der Waals surface area contributed by atoms with Gasteiger partial charge in [0.05, 0.1) is 18.0 Å². The van der Waals surface area contributed by atoms with Crippen LogP contribution in [0.4, 0.5) is 22.1 Å². The number of nitrogens with one attached hydrogen (secondary N) is 1. The van der Waals surface area contributed by atoms with Crippen molar-refractivity contribution in [2.45, 2.75) is 32.4 Å². The van der Waals surface area contributed by atoms with E-state index in [1.165, 1.54) is 0 Å². The Morgan fingerprint density at radius 1 is 1.23 bits per heavy atom. The lowest BCUT2D eigenvalue weighted by Gasteiger charge is -2.28. The quantitative estimate of drug-likeness (QED) is 0.477. The summed E-state index contributed by atoms with van der Waals surface area (Å²) in [5.41, 5.74) is 2.40. The number of nitrogens with zero attached hydrogens (tertiary/aromatic N) is 4. The summed E-state index contributed by atoms with van der Waals surface area (Å²) in [5, 5.41) is 21.5. The van der Waals surface area contributed by atoms with E-state index in [1.807, 2.05) is 43.3 Å². The van der Waals surface area contributed by atoms with Crippen LogP contribution < -0.4 is 19.9 Å². The third kappa shape index (κ3) is 5.70. The lowest BCUT2D eigenvalue weighted by atomic mass is 10.1. The number of urea groups is 1. The van der Waals surface area contributed by atoms with Crippen molar-refractivity contribution >= 4 is 23.4 Å². The highest BCUT2D eigenvalue weighted by Gasteiger charge is 2.31. The number of pyridine rings is 2. The van der Waals surface area contributed by atoms with Crippen molar-refractivity contribution in [1.29, 1.82) is 0 Å². The highest BCUT2D eigenvalue weighted by molar-refractivity contribution is 6.03. The molecule has 3 heterocycles. The average Bonchev–Trinajstić information content (AvgIpc) is 3.03. The van der Waals surface area contributed by atoms with E-state index in [0.29, 0.717) is 23.1 Å². The van der Waals surface area contributed by atoms with E-state index >= 15 is 0 Å². The maximum atomic E-state index is 13.4. The minimum Gasteiger partial charge on any atom is -0.491 e. The lowest BCUT2D eigenvalue weighted by molar-refractivity contribution is 0.0536. The second-order valence-electron chi connectivity index (χ2n) is 8.45. The molecule has 2 amide bonds. The van der Waals surface area contributed by atoms with Crippen LogP contribution in [0.15, 0.2) is 60.8 Å². The molecule has 2 atom stereocenters. The predicted molar refractivity (Wildman–Crippen MR) is 136 cm³/mol. The number of fused-ring (bicyclic) bond motifs is 1. The third-order valence-corrected chi connectivity index (χ3v) is 5.96. The number of benzene rings is 1. The molecule has 0 fully saturated rings. The summed E-state index contributed by atoms with van der Waals surface area (Å²) in [5.74, 6) is 1.62. The molecule has 9 nitrogen and oxygen atoms in total. The Morgan fingerprint density at radius 2 is 2.09 bits per heavy atom. The summed E-state index contributed by atoms with van der Waals surface area (Å²) in [4.78, 5) is 26.5. The fraction of sp³-hybridized carbons (Fsp3) is 0.346. The van der Waals surface area contributed by atoms with Gasteiger partial charge in [-0.3, -0.25) is 10.2 Å². The first-order valence-electron chi connectivity index (χ1n) is 11.8. The number of anilines is 3. The van der Waals surface area contributed by atoms with Crippen molar-refractivity contribution < 1.29 is 19.7 Å². The van der Waals surface area contributed by atoms with E-state index in [9.17, 15) is 9.90 Å². The molecule has 184 valence electrons. The average molecular weight is 478 g/mol. The fourth-order valence-corrected chi connectivity index (χ4v) is 4.05. The molecule has 0 aliphatic carbocycles. The molecule has 0 saturated heterocycles. The number of ether oxygens (including phenoxy) is 1. The van der Waals surface area contributed by atoms with Gasteiger partial charge in [-0.05, 0) is 56.7 Å². The zero-order valence-electron chi connectivity index (χ0n) is 20.0. The van der Waals surface area contributed by atoms with Crippen LogP contribution in [0.25, 0.3) is 11.3 Å². The first kappa shape index (κ1) is 24.4. The predicted octanol–water partition coefficient (Wildman–Crippen LogP) is 3.53. The van der Waals surface area contributed by atoms with Crippen molar-refractivity contribution in [2.24, 2.45) is 0 Å². The molecule has 0 spiro atoms. The van der Waals surface area contributed by atoms with Crippen LogP contribution in [-0.2, 0) is 0 Å². The summed E-state index contributed by atoms with van der Waals surface area (Å²) in [6, 6.07) is 16.3. The Bertz CT molecular complexity index is 1140. The number of aliphatic hydroxyl groups excluding tert-OH is 2. The van der Waals surface area contributed by atoms with Crippen molar-refractivity contribution in [3.05, 3.63) is 60.8 Å². The summed E-state index contributed by atoms with van der Waals surface area (Å²) < 4.78 is 5.60. The molecular formula is C26H31N5O4. The Labute approximate surface area is 205 Å². The molecule has 0 radical (unpaired) electrons. The summed E-state index contributed by atoms with van der Waals surface area (Å²) in [7, 11) is 0. The Kier molecular flexibility index (Phi) is 7.79. The topological polar surface area (TPSA) is 111 Å². The maximum absolute atomic E-state index is 13.4. The number of aliphatic hydroxyl groups is 2. The summed E-state index contributed by atoms with van der Waals surface area (Å²) in [6.45, 7) is 5.35. The number of rotatable bonds is 7. The fourth-order valence-electron chi connectivity index (χ4n) is 4.05. The maximum Gasteiger partial charge on any atom is 0.328 e. The molecule has 0 bridgehead atoms. The molecule has 4 rings (SSSR count). The minimum absolute atomic E-state index is 0.0119. The molecule has 9 heteroatoms. The molecule has 0 unspecified atom stereocenters. The van der Waals surface area contributed by atoms with E-state index in [0.717, 1.165) is 30.8 Å². The second kappa shape index (κ2) is 11.2. The number of carbonyl (C=O) groups excluding carboxylic acids is 1. The van der Waals surface area contributed by atoms with E-state index in [2.05, 4.69) is 22.1 Å². The first-order valence-corrected chi connectivity index (χ1v) is 11.8. The van der Waals surface area contributed by atoms with Crippen LogP contribution >= 0.6 is 0 Å². The molecule has 0 saturated carbocycles. The molecular weight excluding hydrogens is 446 g/mol. The number of aromatic nitrogens is 2. The smallest absolute Gasteiger partial charge is 0.328 e. The largest absolute Gasteiger partial charge is 0.491 e. The minimum atomic E-state index is -0.947. The number of hydrogen-bond donors (Lipinski definition) is 3. The van der Waals surface area contributed by atoms with Gasteiger partial charge in [-0.2, -0.15) is 0 Å². The van der Waals surface area contributed by atoms with E-state index in [4.69, 9.17) is 14.8 Å². The molecule has 2 aromatic heterocycles. The normalized spacial score (nSPS) is 16.3. The summed E-state index contributed by atoms with van der Waals surface area (Å²) in [6.07, 6.45) is 1.49. The van der Waals surface area contributed by atoms with Gasteiger partial charge in [0.1, 0.15) is 24.3 Å². The monoisotopic (exact) mass is 477 g/mol. The van der Waals surface area contributed by atoms with Crippen molar-refractivity contribution in [3.8, 4) is 17.0 Å². The van der Waals surface area contributed by atoms with Gasteiger partial charge in [0.15, 0.2) is 5.82 Å². The molecule has 1 aliphatic heterocycles. The SMILES string of the molecule is CCN1CC[C@@H](C)N(C(=O)Nc2ccccn2)c2nc(-c3cccc(OC[C@@H](O)CO)c3)ccc21. The number of carbonyl (C=O) groups is 1. The van der Waals surface area contributed by atoms with Crippen molar-refractivity contribution in [1.82, 2.24) is 9.97 Å². The van der Waals surface area contributed by atoms with Crippen LogP contribution in [0.5, 0.6) is 5.75 Å². The Balaban J connectivity index is 1.70. The molecule has 1 aromatic carbocycles. The van der Waals surface area contributed by atoms with Crippen molar-refractivity contribution in [2.75, 3.05) is 41.4 Å². The van der Waals surface area contributed by atoms with Gasteiger partial charge in [0.2, 0.25) is 0 Å². The zero-order chi connectivity index (χ0) is 24.8. The first-order chi connectivity index (χ1) is 17.0. The molecule has 1 aliphatic rings. The van der Waals surface area contributed by atoms with Crippen LogP contribution in [-0.4, -0.2) is 64.7 Å². The van der Waals surface area contributed by atoms with Gasteiger partial charge in [-0.15, -0.1) is 0 Å². The van der Waals surface area contributed by atoms with E-state index in [-0.39, 0.29) is 25.3 Å². The zero-order valence-corrected chi connectivity index (χ0v) is 20.0. The van der Waals surface area contributed by atoms with Crippen molar-refractivity contribution in [3.63, 3.8) is 0 Å². The van der Waals surface area contributed by atoms with Gasteiger partial charge < -0.3 is 19.8 Å². The molecule has 3 N–H and O–H groups in total. The molecule has 3 aromatic rings. The highest BCUT2D eigenvalue weighted by Crippen LogP contribution is 2.36. The summed E-state index contributed by atoms with van der Waals surface area (Å²) >= 11 is 0. The lowest BCUT2D eigenvalue weighted by Crippen LogP contribution is -2.42. The highest BCUT2D eigenvalue weighted by atomic mass is 16.5. The molecule has 35 heavy (non-hydrogen) atoms. The van der Waals surface area contributed by atoms with Gasteiger partial charge in [0, 0.05) is 30.9 Å². The van der Waals surface area contributed by atoms with Crippen LogP contribution in [0.2, 0.25) is 0 Å².